The lowest BCUT2D eigenvalue weighted by atomic mass is 9.96. The van der Waals surface area contributed by atoms with Gasteiger partial charge in [-0.1, -0.05) is 95.4 Å². The second-order valence-corrected chi connectivity index (χ2v) is 13.0. The molecular formula is C35H38S2. The molecule has 190 valence electrons. The van der Waals surface area contributed by atoms with E-state index in [1.54, 1.807) is 4.88 Å². The summed E-state index contributed by atoms with van der Waals surface area (Å²) in [5.74, 6) is 0. The lowest BCUT2D eigenvalue weighted by Crippen LogP contribution is -1.84. The molecule has 0 saturated heterocycles. The predicted octanol–water partition coefficient (Wildman–Crippen LogP) is 12.4. The fourth-order valence-electron chi connectivity index (χ4n) is 6.01. The standard InChI is InChI=1S/C35H38S2/c1-2-3-4-5-6-7-8-9-10-11-12-13-29-22-28-21-26-15-17-30-31(33(26)24-35(28)37-29)16-14-25-20-27-18-19-36-34(27)23-32(25)30/h14-24H,2-13H2,1H3. The van der Waals surface area contributed by atoms with E-state index in [0.29, 0.717) is 0 Å². The molecule has 0 nitrogen and oxygen atoms in total. The van der Waals surface area contributed by atoms with Gasteiger partial charge in [-0.3, -0.25) is 0 Å². The Morgan fingerprint density at radius 3 is 1.76 bits per heavy atom. The molecule has 0 aliphatic rings. The minimum absolute atomic E-state index is 1.23. The Morgan fingerprint density at radius 2 is 1.08 bits per heavy atom. The van der Waals surface area contributed by atoms with E-state index >= 15 is 0 Å². The van der Waals surface area contributed by atoms with Crippen LogP contribution >= 0.6 is 22.7 Å². The molecule has 37 heavy (non-hydrogen) atoms. The van der Waals surface area contributed by atoms with Crippen molar-refractivity contribution in [1.82, 2.24) is 0 Å². The third-order valence-corrected chi connectivity index (χ3v) is 10.2. The highest BCUT2D eigenvalue weighted by atomic mass is 32.1. The van der Waals surface area contributed by atoms with Crippen molar-refractivity contribution in [3.8, 4) is 0 Å². The van der Waals surface area contributed by atoms with E-state index in [9.17, 15) is 0 Å². The summed E-state index contributed by atoms with van der Waals surface area (Å²) in [6.45, 7) is 2.30. The Labute approximate surface area is 229 Å². The quantitative estimate of drug-likeness (QED) is 0.111. The zero-order valence-corrected chi connectivity index (χ0v) is 23.8. The molecule has 2 heterocycles. The number of rotatable bonds is 12. The second kappa shape index (κ2) is 11.5. The van der Waals surface area contributed by atoms with Gasteiger partial charge in [0.05, 0.1) is 0 Å². The number of hydrogen-bond donors (Lipinski definition) is 0. The van der Waals surface area contributed by atoms with E-state index in [4.69, 9.17) is 0 Å². The molecule has 0 bridgehead atoms. The van der Waals surface area contributed by atoms with Crippen LogP contribution in [0.2, 0.25) is 0 Å². The smallest absolute Gasteiger partial charge is 0.0352 e. The first kappa shape index (κ1) is 24.9. The molecule has 0 radical (unpaired) electrons. The molecular weight excluding hydrogens is 485 g/mol. The van der Waals surface area contributed by atoms with Gasteiger partial charge in [-0.25, -0.2) is 0 Å². The molecule has 4 aromatic carbocycles. The minimum Gasteiger partial charge on any atom is -0.144 e. The summed E-state index contributed by atoms with van der Waals surface area (Å²) in [5, 5.41) is 13.2. The molecule has 0 unspecified atom stereocenters. The molecule has 2 aromatic heterocycles. The highest BCUT2D eigenvalue weighted by Crippen LogP contribution is 2.38. The van der Waals surface area contributed by atoms with Gasteiger partial charge < -0.3 is 0 Å². The van der Waals surface area contributed by atoms with Crippen molar-refractivity contribution in [1.29, 1.82) is 0 Å². The maximum absolute atomic E-state index is 2.46. The molecule has 0 atom stereocenters. The van der Waals surface area contributed by atoms with Gasteiger partial charge in [-0.15, -0.1) is 22.7 Å². The Bertz CT molecular complexity index is 1650. The highest BCUT2D eigenvalue weighted by molar-refractivity contribution is 7.19. The summed E-state index contributed by atoms with van der Waals surface area (Å²) >= 11 is 3.85. The van der Waals surface area contributed by atoms with Gasteiger partial charge in [0.15, 0.2) is 0 Å². The molecule has 6 rings (SSSR count). The summed E-state index contributed by atoms with van der Waals surface area (Å²) in [6, 6.07) is 23.6. The zero-order chi connectivity index (χ0) is 25.0. The minimum atomic E-state index is 1.23. The average Bonchev–Trinajstić information content (AvgIpc) is 3.54. The normalized spacial score (nSPS) is 12.1. The van der Waals surface area contributed by atoms with Crippen LogP contribution in [0.25, 0.3) is 52.5 Å². The number of thiophene rings is 2. The van der Waals surface area contributed by atoms with E-state index in [2.05, 4.69) is 73.0 Å². The first-order chi connectivity index (χ1) is 18.3. The van der Waals surface area contributed by atoms with Crippen LogP contribution in [0.15, 0.2) is 66.0 Å². The fourth-order valence-corrected chi connectivity index (χ4v) is 7.95. The highest BCUT2D eigenvalue weighted by Gasteiger charge is 2.10. The lowest BCUT2D eigenvalue weighted by molar-refractivity contribution is 0.550. The largest absolute Gasteiger partial charge is 0.144 e. The van der Waals surface area contributed by atoms with E-state index in [-0.39, 0.29) is 0 Å². The maximum atomic E-state index is 2.46. The summed E-state index contributed by atoms with van der Waals surface area (Å²) < 4.78 is 2.81. The maximum Gasteiger partial charge on any atom is 0.0352 e. The first-order valence-electron chi connectivity index (χ1n) is 14.5. The van der Waals surface area contributed by atoms with Gasteiger partial charge in [0.1, 0.15) is 0 Å². The van der Waals surface area contributed by atoms with Gasteiger partial charge in [-0.05, 0) is 97.7 Å². The second-order valence-electron chi connectivity index (χ2n) is 10.9. The van der Waals surface area contributed by atoms with Crippen LogP contribution in [0.4, 0.5) is 0 Å². The summed E-state index contributed by atoms with van der Waals surface area (Å²) in [7, 11) is 0. The van der Waals surface area contributed by atoms with Crippen LogP contribution in [0.5, 0.6) is 0 Å². The van der Waals surface area contributed by atoms with Crippen LogP contribution in [-0.2, 0) is 6.42 Å². The van der Waals surface area contributed by atoms with Crippen molar-refractivity contribution in [3.05, 3.63) is 70.9 Å². The van der Waals surface area contributed by atoms with Crippen LogP contribution in [0.1, 0.15) is 82.4 Å². The van der Waals surface area contributed by atoms with Crippen molar-refractivity contribution in [3.63, 3.8) is 0 Å². The van der Waals surface area contributed by atoms with E-state index in [1.807, 2.05) is 22.7 Å². The summed E-state index contributed by atoms with van der Waals surface area (Å²) in [4.78, 5) is 1.55. The van der Waals surface area contributed by atoms with Gasteiger partial charge in [0.2, 0.25) is 0 Å². The molecule has 0 aliphatic heterocycles. The van der Waals surface area contributed by atoms with Crippen molar-refractivity contribution in [2.24, 2.45) is 0 Å². The molecule has 0 N–H and O–H groups in total. The van der Waals surface area contributed by atoms with Crippen LogP contribution in [0.3, 0.4) is 0 Å². The monoisotopic (exact) mass is 522 g/mol. The van der Waals surface area contributed by atoms with Crippen molar-refractivity contribution in [2.75, 3.05) is 0 Å². The number of hydrogen-bond acceptors (Lipinski definition) is 2. The zero-order valence-electron chi connectivity index (χ0n) is 22.2. The predicted molar refractivity (Wildman–Crippen MR) is 170 cm³/mol. The SMILES string of the molecule is CCCCCCCCCCCCCc1cc2cc3ccc4c5cc6sccc6cc5ccc4c3cc2s1. The molecule has 2 heteroatoms. The lowest BCUT2D eigenvalue weighted by Gasteiger charge is -2.08. The van der Waals surface area contributed by atoms with Gasteiger partial charge in [0.25, 0.3) is 0 Å². The van der Waals surface area contributed by atoms with E-state index < -0.39 is 0 Å². The summed E-state index contributed by atoms with van der Waals surface area (Å²) in [5.41, 5.74) is 0. The van der Waals surface area contributed by atoms with Crippen molar-refractivity contribution < 1.29 is 0 Å². The molecule has 0 saturated carbocycles. The third-order valence-electron chi connectivity index (χ3n) is 8.12. The van der Waals surface area contributed by atoms with Gasteiger partial charge in [-0.2, -0.15) is 0 Å². The van der Waals surface area contributed by atoms with E-state index in [0.717, 1.165) is 0 Å². The van der Waals surface area contributed by atoms with Crippen molar-refractivity contribution in [2.45, 2.75) is 84.0 Å². The molecule has 0 amide bonds. The fraction of sp³-hybridized carbons (Fsp3) is 0.371. The van der Waals surface area contributed by atoms with Crippen LogP contribution in [0, 0.1) is 0 Å². The first-order valence-corrected chi connectivity index (χ1v) is 16.2. The topological polar surface area (TPSA) is 0 Å². The summed E-state index contributed by atoms with van der Waals surface area (Å²) in [6.07, 6.45) is 16.7. The Balaban J connectivity index is 1.13. The molecule has 6 aromatic rings. The number of aryl methyl sites for hydroxylation is 1. The number of fused-ring (bicyclic) bond motifs is 7. The Morgan fingerprint density at radius 1 is 0.486 bits per heavy atom. The van der Waals surface area contributed by atoms with Gasteiger partial charge >= 0.3 is 0 Å². The van der Waals surface area contributed by atoms with Gasteiger partial charge in [0, 0.05) is 14.3 Å². The average molecular weight is 523 g/mol. The Hall–Kier alpha value is -2.42. The van der Waals surface area contributed by atoms with E-state index in [1.165, 1.54) is 130 Å². The van der Waals surface area contributed by atoms with Crippen LogP contribution < -0.4 is 0 Å². The number of benzene rings is 4. The molecule has 0 aliphatic carbocycles. The number of unbranched alkanes of at least 4 members (excludes halogenated alkanes) is 10. The van der Waals surface area contributed by atoms with Crippen molar-refractivity contribution >= 4 is 75.2 Å². The Kier molecular flexibility index (Phi) is 7.76. The van der Waals surface area contributed by atoms with Crippen LogP contribution in [-0.4, -0.2) is 0 Å². The molecule has 0 spiro atoms. The third kappa shape index (κ3) is 5.42. The molecule has 0 fully saturated rings.